The van der Waals surface area contributed by atoms with Crippen molar-refractivity contribution in [3.63, 3.8) is 0 Å². The summed E-state index contributed by atoms with van der Waals surface area (Å²) in [5, 5.41) is 9.52. The first-order valence-electron chi connectivity index (χ1n) is 6.66. The Balaban J connectivity index is 1.97. The molecule has 2 nitrogen and oxygen atoms in total. The Morgan fingerprint density at radius 3 is 2.05 bits per heavy atom. The fourth-order valence-electron chi connectivity index (χ4n) is 4.02. The zero-order valence-electron chi connectivity index (χ0n) is 10.6. The van der Waals surface area contributed by atoms with Gasteiger partial charge in [-0.05, 0) is 48.8 Å². The molecule has 0 bridgehead atoms. The highest BCUT2D eigenvalue weighted by Gasteiger charge is 2.60. The van der Waals surface area contributed by atoms with Crippen LogP contribution in [-0.4, -0.2) is 11.1 Å². The first-order chi connectivity index (χ1) is 8.96. The Labute approximate surface area is 110 Å². The van der Waals surface area contributed by atoms with Gasteiger partial charge in [0.05, 0.1) is 5.41 Å². The molecule has 4 heteroatoms. The molecule has 0 saturated heterocycles. The summed E-state index contributed by atoms with van der Waals surface area (Å²) in [6.07, 6.45) is 5.37. The minimum Gasteiger partial charge on any atom is -0.481 e. The Kier molecular flexibility index (Phi) is 2.66. The van der Waals surface area contributed by atoms with Gasteiger partial charge in [0.2, 0.25) is 0 Å². The second-order valence-corrected chi connectivity index (χ2v) is 6.11. The van der Waals surface area contributed by atoms with Crippen molar-refractivity contribution in [2.24, 2.45) is 5.41 Å². The van der Waals surface area contributed by atoms with E-state index in [-0.39, 0.29) is 11.0 Å². The van der Waals surface area contributed by atoms with Gasteiger partial charge in [-0.25, -0.2) is 8.78 Å². The van der Waals surface area contributed by atoms with Crippen molar-refractivity contribution in [2.75, 3.05) is 0 Å². The summed E-state index contributed by atoms with van der Waals surface area (Å²) in [4.78, 5) is 11.6. The lowest BCUT2D eigenvalue weighted by molar-refractivity contribution is -0.154. The topological polar surface area (TPSA) is 37.3 Å². The molecule has 2 saturated carbocycles. The van der Waals surface area contributed by atoms with Gasteiger partial charge in [0.15, 0.2) is 0 Å². The molecule has 0 heterocycles. The van der Waals surface area contributed by atoms with Crippen LogP contribution in [-0.2, 0) is 10.2 Å². The van der Waals surface area contributed by atoms with E-state index in [0.717, 1.165) is 31.7 Å². The maximum absolute atomic E-state index is 13.3. The van der Waals surface area contributed by atoms with E-state index >= 15 is 0 Å². The van der Waals surface area contributed by atoms with Crippen LogP contribution in [0.15, 0.2) is 18.2 Å². The minimum absolute atomic E-state index is 0.0984. The van der Waals surface area contributed by atoms with E-state index in [2.05, 4.69) is 0 Å². The van der Waals surface area contributed by atoms with Gasteiger partial charge >= 0.3 is 5.97 Å². The minimum atomic E-state index is -1.09. The van der Waals surface area contributed by atoms with Gasteiger partial charge in [0.25, 0.3) is 0 Å². The van der Waals surface area contributed by atoms with Crippen molar-refractivity contribution < 1.29 is 18.7 Å². The third-order valence-electron chi connectivity index (χ3n) is 4.84. The van der Waals surface area contributed by atoms with Crippen LogP contribution in [0.3, 0.4) is 0 Å². The summed E-state index contributed by atoms with van der Waals surface area (Å²) >= 11 is 0. The van der Waals surface area contributed by atoms with Crippen molar-refractivity contribution in [2.45, 2.75) is 43.9 Å². The molecule has 0 aliphatic heterocycles. The monoisotopic (exact) mass is 266 g/mol. The van der Waals surface area contributed by atoms with Gasteiger partial charge < -0.3 is 5.11 Å². The molecule has 19 heavy (non-hydrogen) atoms. The van der Waals surface area contributed by atoms with Crippen LogP contribution in [0.1, 0.15) is 44.1 Å². The standard InChI is InChI=1S/C15H16F2O2/c16-11-5-10(6-12(17)7-11)15(13(18)19)8-14(9-15)3-1-2-4-14/h5-7H,1-4,8-9H2,(H,18,19). The molecule has 0 unspecified atom stereocenters. The molecule has 0 amide bonds. The predicted molar refractivity (Wildman–Crippen MR) is 65.8 cm³/mol. The number of carboxylic acid groups (broad SMARTS) is 1. The van der Waals surface area contributed by atoms with Crippen LogP contribution < -0.4 is 0 Å². The van der Waals surface area contributed by atoms with E-state index in [1.807, 2.05) is 0 Å². The maximum atomic E-state index is 13.3. The number of halogens is 2. The van der Waals surface area contributed by atoms with Crippen molar-refractivity contribution in [1.82, 2.24) is 0 Å². The van der Waals surface area contributed by atoms with Crippen LogP contribution in [0, 0.1) is 17.0 Å². The average Bonchev–Trinajstić information content (AvgIpc) is 2.73. The molecule has 1 N–H and O–H groups in total. The summed E-state index contributed by atoms with van der Waals surface area (Å²) in [5.74, 6) is -2.37. The Bertz CT molecular complexity index is 505. The SMILES string of the molecule is O=C(O)C1(c2cc(F)cc(F)c2)CC2(CCCC2)C1. The number of benzene rings is 1. The van der Waals surface area contributed by atoms with Crippen LogP contribution in [0.25, 0.3) is 0 Å². The van der Waals surface area contributed by atoms with Crippen LogP contribution in [0.2, 0.25) is 0 Å². The molecule has 102 valence electrons. The summed E-state index contributed by atoms with van der Waals surface area (Å²) in [7, 11) is 0. The highest BCUT2D eigenvalue weighted by molar-refractivity contribution is 5.83. The van der Waals surface area contributed by atoms with Crippen LogP contribution in [0.5, 0.6) is 0 Å². The quantitative estimate of drug-likeness (QED) is 0.887. The third kappa shape index (κ3) is 1.85. The van der Waals surface area contributed by atoms with Gasteiger partial charge in [-0.2, -0.15) is 0 Å². The normalized spacial score (nSPS) is 23.3. The molecule has 0 atom stereocenters. The molecule has 1 aromatic rings. The van der Waals surface area contributed by atoms with Gasteiger partial charge in [-0.15, -0.1) is 0 Å². The largest absolute Gasteiger partial charge is 0.481 e. The predicted octanol–water partition coefficient (Wildman–Crippen LogP) is 3.64. The summed E-state index contributed by atoms with van der Waals surface area (Å²) < 4.78 is 26.6. The van der Waals surface area contributed by atoms with Crippen LogP contribution >= 0.6 is 0 Å². The van der Waals surface area contributed by atoms with Gasteiger partial charge in [0.1, 0.15) is 11.6 Å². The highest BCUT2D eigenvalue weighted by atomic mass is 19.1. The van der Waals surface area contributed by atoms with E-state index in [9.17, 15) is 18.7 Å². The summed E-state index contributed by atoms with van der Waals surface area (Å²) in [5.41, 5.74) is -0.718. The number of carbonyl (C=O) groups is 1. The molecule has 1 spiro atoms. The Hall–Kier alpha value is -1.45. The number of carboxylic acids is 1. The van der Waals surface area contributed by atoms with Gasteiger partial charge in [-0.1, -0.05) is 12.8 Å². The van der Waals surface area contributed by atoms with Gasteiger partial charge in [0, 0.05) is 6.07 Å². The zero-order chi connectivity index (χ0) is 13.7. The third-order valence-corrected chi connectivity index (χ3v) is 4.84. The molecule has 2 fully saturated rings. The lowest BCUT2D eigenvalue weighted by Gasteiger charge is -2.52. The van der Waals surface area contributed by atoms with E-state index < -0.39 is 23.0 Å². The zero-order valence-corrected chi connectivity index (χ0v) is 10.6. The van der Waals surface area contributed by atoms with E-state index in [1.54, 1.807) is 0 Å². The highest BCUT2D eigenvalue weighted by Crippen LogP contribution is 2.63. The number of hydrogen-bond acceptors (Lipinski definition) is 1. The van der Waals surface area contributed by atoms with Crippen molar-refractivity contribution in [1.29, 1.82) is 0 Å². The summed E-state index contributed by atoms with van der Waals surface area (Å²) in [6, 6.07) is 3.11. The fraction of sp³-hybridized carbons (Fsp3) is 0.533. The average molecular weight is 266 g/mol. The number of hydrogen-bond donors (Lipinski definition) is 1. The lowest BCUT2D eigenvalue weighted by Crippen LogP contribution is -2.53. The molecular weight excluding hydrogens is 250 g/mol. The second kappa shape index (κ2) is 4.02. The first kappa shape index (κ1) is 12.6. The summed E-state index contributed by atoms with van der Waals surface area (Å²) in [6.45, 7) is 0. The maximum Gasteiger partial charge on any atom is 0.314 e. The molecule has 0 aromatic heterocycles. The van der Waals surface area contributed by atoms with E-state index in [1.165, 1.54) is 12.1 Å². The lowest BCUT2D eigenvalue weighted by atomic mass is 9.49. The Morgan fingerprint density at radius 2 is 1.58 bits per heavy atom. The second-order valence-electron chi connectivity index (χ2n) is 6.11. The fourth-order valence-corrected chi connectivity index (χ4v) is 4.02. The molecule has 1 aromatic carbocycles. The van der Waals surface area contributed by atoms with E-state index in [0.29, 0.717) is 12.8 Å². The molecule has 0 radical (unpaired) electrons. The Morgan fingerprint density at radius 1 is 1.05 bits per heavy atom. The van der Waals surface area contributed by atoms with Crippen molar-refractivity contribution in [3.8, 4) is 0 Å². The van der Waals surface area contributed by atoms with Gasteiger partial charge in [-0.3, -0.25) is 4.79 Å². The van der Waals surface area contributed by atoms with Crippen LogP contribution in [0.4, 0.5) is 8.78 Å². The smallest absolute Gasteiger partial charge is 0.314 e. The number of rotatable bonds is 2. The van der Waals surface area contributed by atoms with Crippen molar-refractivity contribution >= 4 is 5.97 Å². The molecular formula is C15H16F2O2. The van der Waals surface area contributed by atoms with E-state index in [4.69, 9.17) is 0 Å². The molecule has 3 rings (SSSR count). The number of aliphatic carboxylic acids is 1. The molecule has 2 aliphatic carbocycles. The first-order valence-corrected chi connectivity index (χ1v) is 6.66. The van der Waals surface area contributed by atoms with Crippen molar-refractivity contribution in [3.05, 3.63) is 35.4 Å². The molecule has 2 aliphatic rings.